The van der Waals surface area contributed by atoms with Gasteiger partial charge in [0.25, 0.3) is 0 Å². The van der Waals surface area contributed by atoms with E-state index in [9.17, 15) is 0 Å². The summed E-state index contributed by atoms with van der Waals surface area (Å²) in [4.78, 5) is 2.12. The highest BCUT2D eigenvalue weighted by Crippen LogP contribution is 2.40. The Bertz CT molecular complexity index is 1440. The number of fused-ring (bicyclic) bond motifs is 3. The molecule has 0 amide bonds. The Balaban J connectivity index is 1.66. The summed E-state index contributed by atoms with van der Waals surface area (Å²) in [6.45, 7) is 1.55. The second-order valence-electron chi connectivity index (χ2n) is 9.16. The van der Waals surface area contributed by atoms with Gasteiger partial charge in [0.2, 0.25) is 0 Å². The van der Waals surface area contributed by atoms with Gasteiger partial charge in [0.1, 0.15) is 18.1 Å². The number of likely N-dealkylation sites (N-methyl/N-ethyl adjacent to an activating group) is 1. The third kappa shape index (κ3) is 4.87. The zero-order chi connectivity index (χ0) is 24.2. The summed E-state index contributed by atoms with van der Waals surface area (Å²) in [5.41, 5.74) is 3.71. The Hall–Kier alpha value is -3.82. The average Bonchev–Trinajstić information content (AvgIpc) is 2.90. The summed E-state index contributed by atoms with van der Waals surface area (Å²) in [6.07, 6.45) is 0. The molecule has 0 saturated carbocycles. The van der Waals surface area contributed by atoms with Crippen molar-refractivity contribution in [2.75, 3.05) is 34.4 Å². The van der Waals surface area contributed by atoms with Crippen LogP contribution in [0, 0.1) is 0 Å². The molecule has 0 radical (unpaired) electrons. The maximum absolute atomic E-state index is 5.97. The molecule has 0 spiro atoms. The van der Waals surface area contributed by atoms with Gasteiger partial charge in [-0.25, -0.2) is 0 Å². The number of hydrogen-bond donors (Lipinski definition) is 0. The molecule has 0 aliphatic rings. The van der Waals surface area contributed by atoms with Gasteiger partial charge in [-0.2, -0.15) is 0 Å². The van der Waals surface area contributed by atoms with Crippen LogP contribution in [0.25, 0.3) is 21.5 Å². The van der Waals surface area contributed by atoms with Gasteiger partial charge in [0, 0.05) is 12.5 Å². The number of benzene rings is 5. The fourth-order valence-corrected chi connectivity index (χ4v) is 4.80. The van der Waals surface area contributed by atoms with E-state index in [-0.39, 0.29) is 5.92 Å². The van der Waals surface area contributed by atoms with Crippen LogP contribution in [0.2, 0.25) is 0 Å². The van der Waals surface area contributed by atoms with Crippen LogP contribution in [0.1, 0.15) is 22.6 Å². The predicted molar refractivity (Wildman–Crippen MR) is 146 cm³/mol. The summed E-state index contributed by atoms with van der Waals surface area (Å²) in [5.74, 6) is 1.81. The Morgan fingerprint density at radius 1 is 0.657 bits per heavy atom. The lowest BCUT2D eigenvalue weighted by Gasteiger charge is -2.23. The van der Waals surface area contributed by atoms with E-state index >= 15 is 0 Å². The summed E-state index contributed by atoms with van der Waals surface area (Å²) in [6, 6.07) is 36.7. The zero-order valence-electron chi connectivity index (χ0n) is 20.6. The molecule has 1 unspecified atom stereocenters. The number of methoxy groups -OCH3 is 1. The molecule has 3 heteroatoms. The van der Waals surface area contributed by atoms with Crippen molar-refractivity contribution >= 4 is 21.5 Å². The van der Waals surface area contributed by atoms with Crippen molar-refractivity contribution in [1.29, 1.82) is 0 Å². The Kier molecular flexibility index (Phi) is 6.69. The van der Waals surface area contributed by atoms with Gasteiger partial charge in [-0.3, -0.25) is 0 Å². The van der Waals surface area contributed by atoms with Crippen LogP contribution in [-0.4, -0.2) is 39.3 Å². The van der Waals surface area contributed by atoms with Crippen molar-refractivity contribution in [2.24, 2.45) is 0 Å². The summed E-state index contributed by atoms with van der Waals surface area (Å²) >= 11 is 0. The largest absolute Gasteiger partial charge is 0.497 e. The number of rotatable bonds is 8. The predicted octanol–water partition coefficient (Wildman–Crippen LogP) is 7.12. The van der Waals surface area contributed by atoms with Crippen LogP contribution < -0.4 is 9.47 Å². The zero-order valence-corrected chi connectivity index (χ0v) is 20.6. The smallest absolute Gasteiger partial charge is 0.119 e. The van der Waals surface area contributed by atoms with Crippen molar-refractivity contribution in [3.63, 3.8) is 0 Å². The topological polar surface area (TPSA) is 21.7 Å². The van der Waals surface area contributed by atoms with Crippen LogP contribution in [0.15, 0.2) is 103 Å². The number of ether oxygens (including phenoxy) is 2. The first-order valence-corrected chi connectivity index (χ1v) is 12.1. The lowest BCUT2D eigenvalue weighted by Crippen LogP contribution is -2.19. The van der Waals surface area contributed by atoms with E-state index < -0.39 is 0 Å². The van der Waals surface area contributed by atoms with Crippen LogP contribution in [0.3, 0.4) is 0 Å². The molecule has 1 atom stereocenters. The molecular weight excluding hydrogens is 430 g/mol. The van der Waals surface area contributed by atoms with Crippen molar-refractivity contribution < 1.29 is 9.47 Å². The standard InChI is InChI=1S/C32H31NO2/c1-33(2)19-20-35-26-17-15-23(16-18-26)32(25-10-8-11-27(21-25)34-3)31-22-24-9-4-5-12-28(24)29-13-6-7-14-30(29)31/h4-18,21-22,32H,19-20H2,1-3H3. The van der Waals surface area contributed by atoms with E-state index in [1.165, 1.54) is 38.2 Å². The second kappa shape index (κ2) is 10.2. The van der Waals surface area contributed by atoms with E-state index in [1.807, 2.05) is 6.07 Å². The Labute approximate surface area is 207 Å². The normalized spacial score (nSPS) is 12.2. The minimum absolute atomic E-state index is 0.0513. The van der Waals surface area contributed by atoms with Gasteiger partial charge in [-0.15, -0.1) is 0 Å². The van der Waals surface area contributed by atoms with Gasteiger partial charge in [-0.05, 0) is 82.7 Å². The van der Waals surface area contributed by atoms with Crippen LogP contribution >= 0.6 is 0 Å². The van der Waals surface area contributed by atoms with Gasteiger partial charge in [0.05, 0.1) is 7.11 Å². The molecule has 0 aromatic heterocycles. The highest BCUT2D eigenvalue weighted by atomic mass is 16.5. The lowest BCUT2D eigenvalue weighted by molar-refractivity contribution is 0.261. The van der Waals surface area contributed by atoms with Gasteiger partial charge in [-0.1, -0.05) is 72.8 Å². The molecule has 5 aromatic rings. The second-order valence-corrected chi connectivity index (χ2v) is 9.16. The SMILES string of the molecule is COc1cccc(C(c2ccc(OCCN(C)C)cc2)c2cc3ccccc3c3ccccc23)c1. The third-order valence-corrected chi connectivity index (χ3v) is 6.56. The molecule has 0 fully saturated rings. The number of nitrogens with zero attached hydrogens (tertiary/aromatic N) is 1. The van der Waals surface area contributed by atoms with Crippen LogP contribution in [-0.2, 0) is 0 Å². The molecule has 0 N–H and O–H groups in total. The van der Waals surface area contributed by atoms with Crippen molar-refractivity contribution in [3.8, 4) is 11.5 Å². The lowest BCUT2D eigenvalue weighted by atomic mass is 9.81. The molecule has 0 heterocycles. The fraction of sp³-hybridized carbons (Fsp3) is 0.188. The highest BCUT2D eigenvalue weighted by molar-refractivity contribution is 6.09. The monoisotopic (exact) mass is 461 g/mol. The molecule has 0 aliphatic heterocycles. The molecule has 5 rings (SSSR count). The van der Waals surface area contributed by atoms with Crippen LogP contribution in [0.4, 0.5) is 0 Å². The van der Waals surface area contributed by atoms with E-state index in [1.54, 1.807) is 7.11 Å². The molecule has 0 saturated heterocycles. The van der Waals surface area contributed by atoms with Gasteiger partial charge >= 0.3 is 0 Å². The maximum Gasteiger partial charge on any atom is 0.119 e. The number of hydrogen-bond acceptors (Lipinski definition) is 3. The molecule has 176 valence electrons. The molecule has 35 heavy (non-hydrogen) atoms. The van der Waals surface area contributed by atoms with Gasteiger partial charge < -0.3 is 14.4 Å². The highest BCUT2D eigenvalue weighted by Gasteiger charge is 2.21. The summed E-state index contributed by atoms with van der Waals surface area (Å²) < 4.78 is 11.6. The minimum atomic E-state index is 0.0513. The van der Waals surface area contributed by atoms with Crippen LogP contribution in [0.5, 0.6) is 11.5 Å². The first-order chi connectivity index (χ1) is 17.1. The molecule has 5 aromatic carbocycles. The van der Waals surface area contributed by atoms with E-state index in [4.69, 9.17) is 9.47 Å². The van der Waals surface area contributed by atoms with E-state index in [0.29, 0.717) is 6.61 Å². The van der Waals surface area contributed by atoms with Crippen molar-refractivity contribution in [2.45, 2.75) is 5.92 Å². The Morgan fingerprint density at radius 3 is 2.11 bits per heavy atom. The van der Waals surface area contributed by atoms with Crippen molar-refractivity contribution in [1.82, 2.24) is 4.90 Å². The molecule has 0 bridgehead atoms. The van der Waals surface area contributed by atoms with E-state index in [2.05, 4.69) is 116 Å². The molecular formula is C32H31NO2. The van der Waals surface area contributed by atoms with Crippen molar-refractivity contribution in [3.05, 3.63) is 120 Å². The summed E-state index contributed by atoms with van der Waals surface area (Å²) in [5, 5.41) is 5.07. The third-order valence-electron chi connectivity index (χ3n) is 6.56. The quantitative estimate of drug-likeness (QED) is 0.181. The van der Waals surface area contributed by atoms with Gasteiger partial charge in [0.15, 0.2) is 0 Å². The molecule has 0 aliphatic carbocycles. The fourth-order valence-electron chi connectivity index (χ4n) is 4.80. The minimum Gasteiger partial charge on any atom is -0.497 e. The first kappa shape index (κ1) is 22.9. The maximum atomic E-state index is 5.97. The Morgan fingerprint density at radius 2 is 1.37 bits per heavy atom. The first-order valence-electron chi connectivity index (χ1n) is 12.1. The van der Waals surface area contributed by atoms with E-state index in [0.717, 1.165) is 18.0 Å². The summed E-state index contributed by atoms with van der Waals surface area (Å²) in [7, 11) is 5.83. The molecule has 3 nitrogen and oxygen atoms in total. The average molecular weight is 462 g/mol.